The van der Waals surface area contributed by atoms with Gasteiger partial charge in [0.05, 0.1) is 0 Å². The lowest BCUT2D eigenvalue weighted by atomic mass is 9.85. The van der Waals surface area contributed by atoms with E-state index < -0.39 is 0 Å². The molecule has 1 saturated heterocycles. The molecule has 1 saturated carbocycles. The second-order valence-corrected chi connectivity index (χ2v) is 7.38. The summed E-state index contributed by atoms with van der Waals surface area (Å²) in [6.45, 7) is 13.4. The van der Waals surface area contributed by atoms with Crippen molar-refractivity contribution in [2.75, 3.05) is 19.6 Å². The standard InChI is InChI=1S/C17H34N2/c1-13-11-15(3)16(4)19(12-13)10-9-18-17-8-6-5-7-14(17)2/h13-18H,5-12H2,1-4H3. The largest absolute Gasteiger partial charge is 0.312 e. The molecular weight excluding hydrogens is 232 g/mol. The smallest absolute Gasteiger partial charge is 0.0110 e. The van der Waals surface area contributed by atoms with E-state index >= 15 is 0 Å². The molecular formula is C17H34N2. The summed E-state index contributed by atoms with van der Waals surface area (Å²) in [5.41, 5.74) is 0. The van der Waals surface area contributed by atoms with Crippen LogP contribution in [0.25, 0.3) is 0 Å². The SMILES string of the molecule is CC1CC(C)C(C)N(CCNC2CCCCC2C)C1. The molecule has 2 aliphatic rings. The number of likely N-dealkylation sites (tertiary alicyclic amines) is 1. The van der Waals surface area contributed by atoms with Crippen molar-refractivity contribution >= 4 is 0 Å². The van der Waals surface area contributed by atoms with Crippen molar-refractivity contribution in [1.29, 1.82) is 0 Å². The first-order chi connectivity index (χ1) is 9.08. The fraction of sp³-hybridized carbons (Fsp3) is 1.00. The Morgan fingerprint density at radius 1 is 1.00 bits per heavy atom. The number of piperidine rings is 1. The van der Waals surface area contributed by atoms with E-state index in [1.165, 1.54) is 51.7 Å². The molecule has 0 aromatic carbocycles. The van der Waals surface area contributed by atoms with Crippen molar-refractivity contribution in [3.05, 3.63) is 0 Å². The van der Waals surface area contributed by atoms with Gasteiger partial charge in [-0.15, -0.1) is 0 Å². The average molecular weight is 266 g/mol. The number of nitrogens with one attached hydrogen (secondary N) is 1. The van der Waals surface area contributed by atoms with Crippen LogP contribution >= 0.6 is 0 Å². The molecule has 5 unspecified atom stereocenters. The predicted molar refractivity (Wildman–Crippen MR) is 83.4 cm³/mol. The monoisotopic (exact) mass is 266 g/mol. The third-order valence-electron chi connectivity index (χ3n) is 5.64. The third kappa shape index (κ3) is 4.19. The molecule has 2 rings (SSSR count). The maximum absolute atomic E-state index is 3.83. The van der Waals surface area contributed by atoms with Crippen molar-refractivity contribution in [3.63, 3.8) is 0 Å². The Balaban J connectivity index is 1.72. The van der Waals surface area contributed by atoms with Crippen LogP contribution < -0.4 is 5.32 Å². The zero-order valence-electron chi connectivity index (χ0n) is 13.5. The maximum Gasteiger partial charge on any atom is 0.0110 e. The van der Waals surface area contributed by atoms with E-state index in [4.69, 9.17) is 0 Å². The van der Waals surface area contributed by atoms with Crippen molar-refractivity contribution in [1.82, 2.24) is 10.2 Å². The van der Waals surface area contributed by atoms with E-state index in [0.717, 1.165) is 29.8 Å². The van der Waals surface area contributed by atoms with Gasteiger partial charge >= 0.3 is 0 Å². The van der Waals surface area contributed by atoms with Gasteiger partial charge in [-0.1, -0.05) is 33.6 Å². The van der Waals surface area contributed by atoms with E-state index in [2.05, 4.69) is 37.9 Å². The minimum atomic E-state index is 0.766. The fourth-order valence-electron chi connectivity index (χ4n) is 4.14. The minimum Gasteiger partial charge on any atom is -0.312 e. The molecule has 2 nitrogen and oxygen atoms in total. The zero-order valence-corrected chi connectivity index (χ0v) is 13.5. The highest BCUT2D eigenvalue weighted by Gasteiger charge is 2.28. The van der Waals surface area contributed by atoms with E-state index in [0.29, 0.717) is 0 Å². The molecule has 5 atom stereocenters. The van der Waals surface area contributed by atoms with Gasteiger partial charge in [-0.2, -0.15) is 0 Å². The highest BCUT2D eigenvalue weighted by Crippen LogP contribution is 2.27. The topological polar surface area (TPSA) is 15.3 Å². The summed E-state index contributed by atoms with van der Waals surface area (Å²) in [6.07, 6.45) is 7.09. The Morgan fingerprint density at radius 2 is 1.74 bits per heavy atom. The Kier molecular flexibility index (Phi) is 5.70. The van der Waals surface area contributed by atoms with Gasteiger partial charge in [-0.25, -0.2) is 0 Å². The van der Waals surface area contributed by atoms with Gasteiger partial charge in [-0.05, 0) is 43.9 Å². The Bertz CT molecular complexity index is 266. The number of hydrogen-bond donors (Lipinski definition) is 1. The van der Waals surface area contributed by atoms with Crippen molar-refractivity contribution in [2.24, 2.45) is 17.8 Å². The summed E-state index contributed by atoms with van der Waals surface area (Å²) in [4.78, 5) is 2.71. The first-order valence-electron chi connectivity index (χ1n) is 8.55. The van der Waals surface area contributed by atoms with Crippen LogP contribution in [-0.4, -0.2) is 36.6 Å². The fourth-order valence-corrected chi connectivity index (χ4v) is 4.14. The molecule has 1 heterocycles. The lowest BCUT2D eigenvalue weighted by Gasteiger charge is -2.41. The summed E-state index contributed by atoms with van der Waals surface area (Å²) < 4.78 is 0. The van der Waals surface area contributed by atoms with E-state index in [9.17, 15) is 0 Å². The van der Waals surface area contributed by atoms with Crippen LogP contribution in [0.2, 0.25) is 0 Å². The molecule has 1 aliphatic carbocycles. The summed E-state index contributed by atoms with van der Waals surface area (Å²) in [7, 11) is 0. The first-order valence-corrected chi connectivity index (χ1v) is 8.55. The molecule has 0 amide bonds. The molecule has 0 bridgehead atoms. The molecule has 112 valence electrons. The first kappa shape index (κ1) is 15.3. The summed E-state index contributed by atoms with van der Waals surface area (Å²) in [6, 6.07) is 1.55. The predicted octanol–water partition coefficient (Wildman–Crippen LogP) is 3.52. The summed E-state index contributed by atoms with van der Waals surface area (Å²) in [5.74, 6) is 2.61. The van der Waals surface area contributed by atoms with Gasteiger partial charge in [0.1, 0.15) is 0 Å². The van der Waals surface area contributed by atoms with Gasteiger partial charge in [0.2, 0.25) is 0 Å². The molecule has 1 aliphatic heterocycles. The van der Waals surface area contributed by atoms with Crippen molar-refractivity contribution in [2.45, 2.75) is 71.9 Å². The van der Waals surface area contributed by atoms with E-state index in [1.807, 2.05) is 0 Å². The van der Waals surface area contributed by atoms with Crippen LogP contribution in [0.5, 0.6) is 0 Å². The van der Waals surface area contributed by atoms with Crippen molar-refractivity contribution < 1.29 is 0 Å². The molecule has 2 heteroatoms. The highest BCUT2D eigenvalue weighted by molar-refractivity contribution is 4.83. The van der Waals surface area contributed by atoms with Gasteiger partial charge in [0.25, 0.3) is 0 Å². The van der Waals surface area contributed by atoms with Crippen LogP contribution in [0.3, 0.4) is 0 Å². The van der Waals surface area contributed by atoms with E-state index in [1.54, 1.807) is 0 Å². The second kappa shape index (κ2) is 7.08. The maximum atomic E-state index is 3.83. The molecule has 19 heavy (non-hydrogen) atoms. The second-order valence-electron chi connectivity index (χ2n) is 7.38. The number of hydrogen-bond acceptors (Lipinski definition) is 2. The average Bonchev–Trinajstić information content (AvgIpc) is 2.37. The summed E-state index contributed by atoms with van der Waals surface area (Å²) >= 11 is 0. The molecule has 0 aromatic heterocycles. The number of rotatable bonds is 4. The molecule has 2 fully saturated rings. The van der Waals surface area contributed by atoms with Gasteiger partial charge in [0, 0.05) is 31.7 Å². The van der Waals surface area contributed by atoms with Crippen LogP contribution in [0.4, 0.5) is 0 Å². The van der Waals surface area contributed by atoms with Gasteiger partial charge in [-0.3, -0.25) is 4.90 Å². The van der Waals surface area contributed by atoms with Crippen LogP contribution in [0.1, 0.15) is 59.8 Å². The minimum absolute atomic E-state index is 0.766. The lowest BCUT2D eigenvalue weighted by molar-refractivity contribution is 0.0787. The van der Waals surface area contributed by atoms with Crippen molar-refractivity contribution in [3.8, 4) is 0 Å². The normalized spacial score (nSPS) is 41.4. The third-order valence-corrected chi connectivity index (χ3v) is 5.64. The van der Waals surface area contributed by atoms with Crippen LogP contribution in [-0.2, 0) is 0 Å². The molecule has 0 aromatic rings. The Morgan fingerprint density at radius 3 is 2.47 bits per heavy atom. The Hall–Kier alpha value is -0.0800. The van der Waals surface area contributed by atoms with Gasteiger partial charge < -0.3 is 5.32 Å². The van der Waals surface area contributed by atoms with Crippen LogP contribution in [0, 0.1) is 17.8 Å². The molecule has 0 radical (unpaired) electrons. The number of nitrogens with zero attached hydrogens (tertiary/aromatic N) is 1. The highest BCUT2D eigenvalue weighted by atomic mass is 15.2. The summed E-state index contributed by atoms with van der Waals surface area (Å²) in [5, 5.41) is 3.83. The quantitative estimate of drug-likeness (QED) is 0.837. The zero-order chi connectivity index (χ0) is 13.8. The Labute approximate surface area is 120 Å². The molecule has 1 N–H and O–H groups in total. The van der Waals surface area contributed by atoms with Gasteiger partial charge in [0.15, 0.2) is 0 Å². The van der Waals surface area contributed by atoms with Crippen LogP contribution in [0.15, 0.2) is 0 Å². The lowest BCUT2D eigenvalue weighted by Crippen LogP contribution is -2.49. The van der Waals surface area contributed by atoms with E-state index in [-0.39, 0.29) is 0 Å². The molecule has 0 spiro atoms.